The van der Waals surface area contributed by atoms with Gasteiger partial charge >= 0.3 is 0 Å². The van der Waals surface area contributed by atoms with Crippen molar-refractivity contribution in [2.75, 3.05) is 32.0 Å². The van der Waals surface area contributed by atoms with Gasteiger partial charge < -0.3 is 20.7 Å². The van der Waals surface area contributed by atoms with Crippen molar-refractivity contribution in [2.45, 2.75) is 25.9 Å². The van der Waals surface area contributed by atoms with Crippen LogP contribution in [0.15, 0.2) is 53.7 Å². The van der Waals surface area contributed by atoms with E-state index in [9.17, 15) is 4.39 Å². The lowest BCUT2D eigenvalue weighted by Crippen LogP contribution is -2.42. The number of pyridine rings is 1. The normalized spacial score (nSPS) is 12.3. The van der Waals surface area contributed by atoms with Crippen LogP contribution in [-0.4, -0.2) is 43.7 Å². The van der Waals surface area contributed by atoms with Crippen molar-refractivity contribution in [3.05, 3.63) is 54.5 Å². The molecule has 3 N–H and O–H groups in total. The standard InChI is InChI=1S/C20H28FN5O/c1-16(27-18-10-8-17(21)9-11-18)15-26-20(22-2)25-14-6-5-13-24-19-7-3-4-12-23-19/h3-4,7-12,16H,5-6,13-15H2,1-2H3,(H,23,24)(H2,22,25,26). The summed E-state index contributed by atoms with van der Waals surface area (Å²) in [7, 11) is 1.74. The van der Waals surface area contributed by atoms with Crippen LogP contribution in [-0.2, 0) is 0 Å². The predicted octanol–water partition coefficient (Wildman–Crippen LogP) is 3.05. The molecule has 0 aliphatic rings. The highest BCUT2D eigenvalue weighted by Crippen LogP contribution is 2.12. The number of nitrogens with zero attached hydrogens (tertiary/aromatic N) is 2. The maximum absolute atomic E-state index is 12.9. The number of hydrogen-bond donors (Lipinski definition) is 3. The van der Waals surface area contributed by atoms with E-state index < -0.39 is 0 Å². The molecule has 1 aromatic carbocycles. The van der Waals surface area contributed by atoms with E-state index in [1.807, 2.05) is 25.1 Å². The van der Waals surface area contributed by atoms with Crippen molar-refractivity contribution in [3.63, 3.8) is 0 Å². The Labute approximate surface area is 160 Å². The van der Waals surface area contributed by atoms with Crippen molar-refractivity contribution in [1.29, 1.82) is 0 Å². The van der Waals surface area contributed by atoms with Crippen LogP contribution in [0.25, 0.3) is 0 Å². The van der Waals surface area contributed by atoms with Gasteiger partial charge in [0.2, 0.25) is 0 Å². The topological polar surface area (TPSA) is 70.6 Å². The summed E-state index contributed by atoms with van der Waals surface area (Å²) >= 11 is 0. The van der Waals surface area contributed by atoms with Crippen molar-refractivity contribution in [3.8, 4) is 5.75 Å². The van der Waals surface area contributed by atoms with Crippen LogP contribution >= 0.6 is 0 Å². The van der Waals surface area contributed by atoms with E-state index in [0.717, 1.165) is 37.7 Å². The SMILES string of the molecule is CN=C(NCCCCNc1ccccn1)NCC(C)Oc1ccc(F)cc1. The van der Waals surface area contributed by atoms with Gasteiger partial charge in [-0.05, 0) is 56.2 Å². The number of anilines is 1. The summed E-state index contributed by atoms with van der Waals surface area (Å²) in [4.78, 5) is 8.43. The summed E-state index contributed by atoms with van der Waals surface area (Å²) in [6.45, 7) is 4.26. The van der Waals surface area contributed by atoms with E-state index in [1.54, 1.807) is 25.4 Å². The quantitative estimate of drug-likeness (QED) is 0.339. The highest BCUT2D eigenvalue weighted by atomic mass is 19.1. The average molecular weight is 373 g/mol. The molecule has 7 heteroatoms. The van der Waals surface area contributed by atoms with Crippen LogP contribution in [0, 0.1) is 5.82 Å². The maximum Gasteiger partial charge on any atom is 0.191 e. The average Bonchev–Trinajstić information content (AvgIpc) is 2.69. The molecular weight excluding hydrogens is 345 g/mol. The van der Waals surface area contributed by atoms with Gasteiger partial charge in [-0.25, -0.2) is 9.37 Å². The molecule has 27 heavy (non-hydrogen) atoms. The summed E-state index contributed by atoms with van der Waals surface area (Å²) in [6, 6.07) is 11.8. The van der Waals surface area contributed by atoms with Crippen LogP contribution in [0.4, 0.5) is 10.2 Å². The lowest BCUT2D eigenvalue weighted by molar-refractivity contribution is 0.223. The van der Waals surface area contributed by atoms with E-state index in [1.165, 1.54) is 12.1 Å². The molecule has 1 aromatic heterocycles. The number of halogens is 1. The molecule has 0 radical (unpaired) electrons. The summed E-state index contributed by atoms with van der Waals surface area (Å²) in [6.07, 6.45) is 3.75. The number of benzene rings is 1. The zero-order valence-corrected chi connectivity index (χ0v) is 15.9. The molecule has 1 heterocycles. The minimum Gasteiger partial charge on any atom is -0.489 e. The molecule has 2 aromatic rings. The largest absolute Gasteiger partial charge is 0.489 e. The molecule has 0 aliphatic carbocycles. The van der Waals surface area contributed by atoms with Crippen LogP contribution < -0.4 is 20.7 Å². The highest BCUT2D eigenvalue weighted by molar-refractivity contribution is 5.79. The number of aromatic nitrogens is 1. The molecule has 0 spiro atoms. The Morgan fingerprint density at radius 2 is 1.89 bits per heavy atom. The van der Waals surface area contributed by atoms with Crippen molar-refractivity contribution in [2.24, 2.45) is 4.99 Å². The smallest absolute Gasteiger partial charge is 0.191 e. The van der Waals surface area contributed by atoms with Gasteiger partial charge in [0.05, 0.1) is 6.54 Å². The Morgan fingerprint density at radius 3 is 2.59 bits per heavy atom. The zero-order chi connectivity index (χ0) is 19.3. The minimum atomic E-state index is -0.270. The molecule has 2 rings (SSSR count). The molecule has 0 amide bonds. The predicted molar refractivity (Wildman–Crippen MR) is 108 cm³/mol. The fourth-order valence-electron chi connectivity index (χ4n) is 2.39. The first kappa shape index (κ1) is 20.5. The van der Waals surface area contributed by atoms with E-state index in [4.69, 9.17) is 4.74 Å². The number of unbranched alkanes of at least 4 members (excludes halogenated alkanes) is 1. The maximum atomic E-state index is 12.9. The Balaban J connectivity index is 1.56. The van der Waals surface area contributed by atoms with Crippen molar-refractivity contribution in [1.82, 2.24) is 15.6 Å². The third-order valence-electron chi connectivity index (χ3n) is 3.80. The minimum absolute atomic E-state index is 0.0726. The first-order chi connectivity index (χ1) is 13.2. The summed E-state index contributed by atoms with van der Waals surface area (Å²) in [5, 5.41) is 9.81. The van der Waals surface area contributed by atoms with Crippen LogP contribution in [0.2, 0.25) is 0 Å². The van der Waals surface area contributed by atoms with E-state index in [-0.39, 0.29) is 11.9 Å². The molecule has 6 nitrogen and oxygen atoms in total. The molecule has 0 saturated heterocycles. The van der Waals surface area contributed by atoms with Crippen LogP contribution in [0.1, 0.15) is 19.8 Å². The Kier molecular flexibility index (Phi) is 8.89. The first-order valence-corrected chi connectivity index (χ1v) is 9.19. The fourth-order valence-corrected chi connectivity index (χ4v) is 2.39. The summed E-state index contributed by atoms with van der Waals surface area (Å²) in [5.74, 6) is 2.02. The third-order valence-corrected chi connectivity index (χ3v) is 3.80. The van der Waals surface area contributed by atoms with E-state index in [0.29, 0.717) is 12.3 Å². The number of aliphatic imine (C=N–C) groups is 1. The Bertz CT molecular complexity index is 679. The molecule has 1 unspecified atom stereocenters. The number of rotatable bonds is 10. The van der Waals surface area contributed by atoms with Crippen molar-refractivity contribution < 1.29 is 9.13 Å². The lowest BCUT2D eigenvalue weighted by Gasteiger charge is -2.17. The second-order valence-corrected chi connectivity index (χ2v) is 6.11. The monoisotopic (exact) mass is 373 g/mol. The van der Waals surface area contributed by atoms with Gasteiger partial charge in [0.15, 0.2) is 5.96 Å². The Morgan fingerprint density at radius 1 is 1.11 bits per heavy atom. The first-order valence-electron chi connectivity index (χ1n) is 9.19. The molecule has 0 saturated carbocycles. The second-order valence-electron chi connectivity index (χ2n) is 6.11. The molecule has 146 valence electrons. The summed E-state index contributed by atoms with van der Waals surface area (Å²) < 4.78 is 18.6. The number of ether oxygens (including phenoxy) is 1. The van der Waals surface area contributed by atoms with Gasteiger partial charge in [0.25, 0.3) is 0 Å². The lowest BCUT2D eigenvalue weighted by atomic mass is 10.3. The summed E-state index contributed by atoms with van der Waals surface area (Å²) in [5.41, 5.74) is 0. The molecule has 0 fully saturated rings. The highest BCUT2D eigenvalue weighted by Gasteiger charge is 2.06. The Hall–Kier alpha value is -2.83. The van der Waals surface area contributed by atoms with E-state index >= 15 is 0 Å². The van der Waals surface area contributed by atoms with Crippen LogP contribution in [0.5, 0.6) is 5.75 Å². The van der Waals surface area contributed by atoms with Gasteiger partial charge in [0, 0.05) is 26.3 Å². The number of hydrogen-bond acceptors (Lipinski definition) is 4. The molecule has 0 aliphatic heterocycles. The third kappa shape index (κ3) is 8.40. The van der Waals surface area contributed by atoms with Crippen LogP contribution in [0.3, 0.4) is 0 Å². The number of guanidine groups is 1. The van der Waals surface area contributed by atoms with Gasteiger partial charge in [-0.15, -0.1) is 0 Å². The van der Waals surface area contributed by atoms with Gasteiger partial charge in [-0.2, -0.15) is 0 Å². The van der Waals surface area contributed by atoms with Crippen molar-refractivity contribution >= 4 is 11.8 Å². The second kappa shape index (κ2) is 11.7. The molecule has 1 atom stereocenters. The molecule has 0 bridgehead atoms. The van der Waals surface area contributed by atoms with E-state index in [2.05, 4.69) is 25.9 Å². The van der Waals surface area contributed by atoms with Gasteiger partial charge in [-0.3, -0.25) is 4.99 Å². The van der Waals surface area contributed by atoms with Gasteiger partial charge in [-0.1, -0.05) is 6.07 Å². The van der Waals surface area contributed by atoms with Gasteiger partial charge in [0.1, 0.15) is 23.5 Å². The zero-order valence-electron chi connectivity index (χ0n) is 15.9. The number of nitrogens with one attached hydrogen (secondary N) is 3. The molecular formula is C20H28FN5O. The fraction of sp³-hybridized carbons (Fsp3) is 0.400.